The number of anilines is 1. The average molecular weight is 562 g/mol. The normalized spacial score (nSPS) is 16.6. The van der Waals surface area contributed by atoms with E-state index in [-0.39, 0.29) is 35.1 Å². The van der Waals surface area contributed by atoms with Crippen LogP contribution in [0.4, 0.5) is 23.2 Å². The number of likely N-dealkylation sites (tertiary alicyclic amines) is 1. The second-order valence-corrected chi connectivity index (χ2v) is 10.2. The molecule has 1 saturated heterocycles. The Bertz CT molecular complexity index is 1430. The van der Waals surface area contributed by atoms with Gasteiger partial charge in [0.15, 0.2) is 5.01 Å². The number of carbonyl (C=O) groups is 2. The summed E-state index contributed by atoms with van der Waals surface area (Å²) in [5.41, 5.74) is -0.245. The molecular weight excluding hydrogens is 538 g/mol. The van der Waals surface area contributed by atoms with Crippen molar-refractivity contribution in [2.45, 2.75) is 44.8 Å². The molecule has 0 bridgehead atoms. The number of methoxy groups -OCH3 is 1. The Morgan fingerprint density at radius 2 is 1.90 bits per heavy atom. The Morgan fingerprint density at radius 3 is 2.49 bits per heavy atom. The molecule has 2 amide bonds. The van der Waals surface area contributed by atoms with E-state index >= 15 is 0 Å². The van der Waals surface area contributed by atoms with Gasteiger partial charge in [0.05, 0.1) is 12.8 Å². The van der Waals surface area contributed by atoms with Crippen molar-refractivity contribution in [2.24, 2.45) is 0 Å². The van der Waals surface area contributed by atoms with Gasteiger partial charge < -0.3 is 14.4 Å². The van der Waals surface area contributed by atoms with Gasteiger partial charge in [-0.2, -0.15) is 0 Å². The number of terminal acetylenes is 1. The summed E-state index contributed by atoms with van der Waals surface area (Å²) < 4.78 is 61.9. The number of carbonyl (C=O) groups excluding carboxylic acids is 2. The molecule has 39 heavy (non-hydrogen) atoms. The fraction of sp³-hybridized carbons (Fsp3) is 0.296. The Balaban J connectivity index is 1.79. The number of halogens is 4. The van der Waals surface area contributed by atoms with E-state index < -0.39 is 41.3 Å². The van der Waals surface area contributed by atoms with Crippen LogP contribution < -0.4 is 14.4 Å². The molecule has 0 N–H and O–H groups in total. The number of thiazole rings is 1. The molecule has 0 aliphatic carbocycles. The molecule has 1 aliphatic heterocycles. The zero-order valence-electron chi connectivity index (χ0n) is 21.1. The predicted molar refractivity (Wildman–Crippen MR) is 136 cm³/mol. The fourth-order valence-corrected chi connectivity index (χ4v) is 5.02. The van der Waals surface area contributed by atoms with Crippen LogP contribution in [0.2, 0.25) is 0 Å². The lowest BCUT2D eigenvalue weighted by Crippen LogP contribution is -2.46. The minimum absolute atomic E-state index is 0.0278. The molecule has 7 nitrogen and oxygen atoms in total. The molecule has 0 saturated carbocycles. The van der Waals surface area contributed by atoms with Crippen LogP contribution in [0.5, 0.6) is 11.5 Å². The highest BCUT2D eigenvalue weighted by molar-refractivity contribution is 7.10. The van der Waals surface area contributed by atoms with Crippen LogP contribution in [-0.4, -0.2) is 46.8 Å². The van der Waals surface area contributed by atoms with Crippen LogP contribution in [-0.2, 0) is 11.3 Å². The molecule has 12 heteroatoms. The molecule has 1 unspecified atom stereocenters. The third-order valence-electron chi connectivity index (χ3n) is 6.22. The van der Waals surface area contributed by atoms with Crippen molar-refractivity contribution in [1.82, 2.24) is 9.88 Å². The fourth-order valence-electron chi connectivity index (χ4n) is 4.42. The highest BCUT2D eigenvalue weighted by Gasteiger charge is 2.49. The van der Waals surface area contributed by atoms with Crippen molar-refractivity contribution in [3.05, 3.63) is 69.9 Å². The molecule has 1 fully saturated rings. The van der Waals surface area contributed by atoms with Crippen molar-refractivity contribution in [1.29, 1.82) is 0 Å². The third-order valence-corrected chi connectivity index (χ3v) is 6.99. The third kappa shape index (κ3) is 6.15. The molecule has 0 spiro atoms. The maximum absolute atomic E-state index is 13.8. The van der Waals surface area contributed by atoms with Crippen molar-refractivity contribution < 1.29 is 36.6 Å². The first-order valence-corrected chi connectivity index (χ1v) is 12.5. The van der Waals surface area contributed by atoms with Gasteiger partial charge in [0.25, 0.3) is 5.91 Å². The van der Waals surface area contributed by atoms with Gasteiger partial charge in [-0.1, -0.05) is 12.1 Å². The van der Waals surface area contributed by atoms with E-state index in [0.717, 1.165) is 28.4 Å². The van der Waals surface area contributed by atoms with Gasteiger partial charge >= 0.3 is 6.36 Å². The van der Waals surface area contributed by atoms with Crippen molar-refractivity contribution in [3.8, 4) is 23.8 Å². The predicted octanol–water partition coefficient (Wildman–Crippen LogP) is 5.40. The lowest BCUT2D eigenvalue weighted by atomic mass is 9.98. The Hall–Kier alpha value is -4.11. The van der Waals surface area contributed by atoms with Crippen molar-refractivity contribution in [3.63, 3.8) is 0 Å². The molecule has 1 aromatic heterocycles. The first kappa shape index (κ1) is 27.9. The van der Waals surface area contributed by atoms with E-state index in [2.05, 4.69) is 15.6 Å². The van der Waals surface area contributed by atoms with E-state index in [1.54, 1.807) is 30.9 Å². The maximum Gasteiger partial charge on any atom is 0.573 e. The Labute approximate surface area is 226 Å². The molecule has 1 atom stereocenters. The Kier molecular flexibility index (Phi) is 7.57. The molecule has 2 heterocycles. The van der Waals surface area contributed by atoms with Gasteiger partial charge in [-0.15, -0.1) is 30.9 Å². The summed E-state index contributed by atoms with van der Waals surface area (Å²) in [7, 11) is 1.25. The Morgan fingerprint density at radius 1 is 1.23 bits per heavy atom. The van der Waals surface area contributed by atoms with Gasteiger partial charge in [-0.25, -0.2) is 9.37 Å². The zero-order chi connectivity index (χ0) is 28.5. The molecule has 0 radical (unpaired) electrons. The number of amides is 2. The van der Waals surface area contributed by atoms with Crippen LogP contribution in [0.1, 0.15) is 41.3 Å². The number of hydrogen-bond acceptors (Lipinski definition) is 6. The number of benzene rings is 2. The van der Waals surface area contributed by atoms with Crippen LogP contribution in [0, 0.1) is 18.2 Å². The number of nitrogens with zero attached hydrogens (tertiary/aromatic N) is 3. The summed E-state index contributed by atoms with van der Waals surface area (Å²) in [6.45, 7) is 3.74. The smallest absolute Gasteiger partial charge is 0.497 e. The molecule has 1 aliphatic rings. The molecule has 2 aromatic carbocycles. The number of aromatic nitrogens is 1. The van der Waals surface area contributed by atoms with Gasteiger partial charge in [0.2, 0.25) is 5.91 Å². The minimum atomic E-state index is -5.01. The number of alkyl halides is 3. The average Bonchev–Trinajstić information content (AvgIpc) is 3.43. The second-order valence-electron chi connectivity index (χ2n) is 9.36. The van der Waals surface area contributed by atoms with Gasteiger partial charge in [-0.3, -0.25) is 14.5 Å². The van der Waals surface area contributed by atoms with Gasteiger partial charge in [-0.05, 0) is 43.9 Å². The monoisotopic (exact) mass is 561 g/mol. The van der Waals surface area contributed by atoms with Crippen LogP contribution in [0.25, 0.3) is 0 Å². The van der Waals surface area contributed by atoms with E-state index in [9.17, 15) is 27.2 Å². The number of rotatable bonds is 7. The summed E-state index contributed by atoms with van der Waals surface area (Å²) in [6.07, 6.45) is 0.526. The van der Waals surface area contributed by atoms with Crippen molar-refractivity contribution in [2.75, 3.05) is 12.0 Å². The first-order valence-electron chi connectivity index (χ1n) is 11.6. The highest BCUT2D eigenvalue weighted by atomic mass is 32.1. The zero-order valence-corrected chi connectivity index (χ0v) is 21.9. The summed E-state index contributed by atoms with van der Waals surface area (Å²) in [5, 5.41) is 1.64. The van der Waals surface area contributed by atoms with E-state index in [1.807, 2.05) is 0 Å². The highest BCUT2D eigenvalue weighted by Crippen LogP contribution is 2.39. The van der Waals surface area contributed by atoms with Gasteiger partial charge in [0.1, 0.15) is 29.1 Å². The molecule has 204 valence electrons. The summed E-state index contributed by atoms with van der Waals surface area (Å²) >= 11 is 1.04. The summed E-state index contributed by atoms with van der Waals surface area (Å²) in [6, 6.07) is 7.89. The lowest BCUT2D eigenvalue weighted by Gasteiger charge is -2.31. The van der Waals surface area contributed by atoms with Crippen LogP contribution >= 0.6 is 11.3 Å². The van der Waals surface area contributed by atoms with Crippen LogP contribution in [0.15, 0.2) is 47.8 Å². The number of hydrogen-bond donors (Lipinski definition) is 0. The number of ether oxygens (including phenoxy) is 2. The first-order chi connectivity index (χ1) is 18.3. The van der Waals surface area contributed by atoms with Crippen LogP contribution in [0.3, 0.4) is 0 Å². The van der Waals surface area contributed by atoms with E-state index in [1.165, 1.54) is 30.7 Å². The molecule has 3 aromatic rings. The second kappa shape index (κ2) is 10.6. The molecule has 4 rings (SSSR count). The standard InChI is InChI=1S/C27H23F4N3O4S/c1-5-23-32-21(15-39-23)24(35)34(18-10-19(37-4)12-20(11-18)38-27(29,30)31)22-13-26(2,3)33(25(22)36)14-16-6-8-17(28)9-7-16/h1,6-12,15,22H,13-14H2,2-4H3. The maximum atomic E-state index is 13.8. The topological polar surface area (TPSA) is 72.0 Å². The van der Waals surface area contributed by atoms with Gasteiger partial charge in [0, 0.05) is 35.7 Å². The lowest BCUT2D eigenvalue weighted by molar-refractivity contribution is -0.274. The summed E-state index contributed by atoms with van der Waals surface area (Å²) in [4.78, 5) is 34.4. The van der Waals surface area contributed by atoms with E-state index in [0.29, 0.717) is 5.56 Å². The SMILES string of the molecule is C#Cc1nc(C(=O)N(c2cc(OC)cc(OC(F)(F)F)c2)C2CC(C)(C)N(Cc3ccc(F)cc3)C2=O)cs1. The van der Waals surface area contributed by atoms with E-state index in [4.69, 9.17) is 11.2 Å². The molecular formula is C27H23F4N3O4S. The minimum Gasteiger partial charge on any atom is -0.497 e. The quantitative estimate of drug-likeness (QED) is 0.286. The van der Waals surface area contributed by atoms with Crippen molar-refractivity contribution >= 4 is 28.8 Å². The largest absolute Gasteiger partial charge is 0.573 e. The summed E-state index contributed by atoms with van der Waals surface area (Å²) in [5.74, 6) is 0.0539.